The number of hydrogen-bond donors (Lipinski definition) is 1. The summed E-state index contributed by atoms with van der Waals surface area (Å²) in [5.41, 5.74) is 0.504. The van der Waals surface area contributed by atoms with Gasteiger partial charge in [0.05, 0.1) is 13.2 Å². The van der Waals surface area contributed by atoms with Gasteiger partial charge in [-0.25, -0.2) is 0 Å². The Hall–Kier alpha value is -0.120. The minimum atomic E-state index is 0.504. The molecule has 0 radical (unpaired) electrons. The van der Waals surface area contributed by atoms with Gasteiger partial charge >= 0.3 is 0 Å². The molecule has 3 heteroatoms. The van der Waals surface area contributed by atoms with Gasteiger partial charge in [-0.2, -0.15) is 0 Å². The molecule has 18 heavy (non-hydrogen) atoms. The van der Waals surface area contributed by atoms with Gasteiger partial charge in [-0.1, -0.05) is 20.8 Å². The number of piperidine rings is 1. The molecule has 0 amide bonds. The molecule has 2 aliphatic heterocycles. The molecule has 2 saturated heterocycles. The fraction of sp³-hybridized carbons (Fsp3) is 1.00. The van der Waals surface area contributed by atoms with Crippen LogP contribution < -0.4 is 5.32 Å². The normalized spacial score (nSPS) is 32.8. The zero-order valence-corrected chi connectivity index (χ0v) is 12.4. The van der Waals surface area contributed by atoms with Crippen molar-refractivity contribution < 1.29 is 4.74 Å². The van der Waals surface area contributed by atoms with E-state index in [1.165, 1.54) is 38.9 Å². The van der Waals surface area contributed by atoms with E-state index in [0.717, 1.165) is 19.8 Å². The van der Waals surface area contributed by atoms with Gasteiger partial charge in [0.25, 0.3) is 0 Å². The van der Waals surface area contributed by atoms with Crippen LogP contribution in [0.25, 0.3) is 0 Å². The summed E-state index contributed by atoms with van der Waals surface area (Å²) in [5, 5.41) is 3.64. The van der Waals surface area contributed by atoms with E-state index >= 15 is 0 Å². The molecule has 106 valence electrons. The van der Waals surface area contributed by atoms with Crippen LogP contribution >= 0.6 is 0 Å². The molecule has 2 atom stereocenters. The van der Waals surface area contributed by atoms with Crippen LogP contribution in [-0.2, 0) is 4.74 Å². The molecule has 2 fully saturated rings. The molecular formula is C15H30N2O. The van der Waals surface area contributed by atoms with Crippen LogP contribution in [-0.4, -0.2) is 50.3 Å². The Bertz CT molecular complexity index is 255. The first-order chi connectivity index (χ1) is 8.61. The summed E-state index contributed by atoms with van der Waals surface area (Å²) in [7, 11) is 0. The number of likely N-dealkylation sites (tertiary alicyclic amines) is 1. The quantitative estimate of drug-likeness (QED) is 0.813. The Morgan fingerprint density at radius 3 is 2.89 bits per heavy atom. The lowest BCUT2D eigenvalue weighted by Crippen LogP contribution is -2.46. The maximum atomic E-state index is 5.67. The van der Waals surface area contributed by atoms with Gasteiger partial charge in [-0.05, 0) is 37.8 Å². The van der Waals surface area contributed by atoms with E-state index in [2.05, 4.69) is 31.0 Å². The Morgan fingerprint density at radius 2 is 2.17 bits per heavy atom. The van der Waals surface area contributed by atoms with Crippen molar-refractivity contribution in [2.75, 3.05) is 39.4 Å². The zero-order valence-electron chi connectivity index (χ0n) is 12.4. The third-order valence-electron chi connectivity index (χ3n) is 4.33. The van der Waals surface area contributed by atoms with E-state index in [-0.39, 0.29) is 0 Å². The standard InChI is InChI=1S/C15H30N2O/c1-4-7-16-14-11-18-10-13(14)9-17-8-5-6-15(2,3)12-17/h13-14,16H,4-12H2,1-3H3. The second-order valence-electron chi connectivity index (χ2n) is 6.86. The lowest BCUT2D eigenvalue weighted by molar-refractivity contribution is 0.0939. The van der Waals surface area contributed by atoms with Crippen LogP contribution in [0.1, 0.15) is 40.0 Å². The van der Waals surface area contributed by atoms with Gasteiger partial charge < -0.3 is 15.0 Å². The predicted molar refractivity (Wildman–Crippen MR) is 75.8 cm³/mol. The van der Waals surface area contributed by atoms with Gasteiger partial charge in [0.2, 0.25) is 0 Å². The third kappa shape index (κ3) is 3.94. The van der Waals surface area contributed by atoms with Crippen LogP contribution in [0.2, 0.25) is 0 Å². The predicted octanol–water partition coefficient (Wildman–Crippen LogP) is 2.12. The topological polar surface area (TPSA) is 24.5 Å². The largest absolute Gasteiger partial charge is 0.379 e. The molecule has 2 unspecified atom stereocenters. The van der Waals surface area contributed by atoms with E-state index in [1.807, 2.05) is 0 Å². The second-order valence-corrected chi connectivity index (χ2v) is 6.86. The molecule has 0 aliphatic carbocycles. The van der Waals surface area contributed by atoms with Gasteiger partial charge in [-0.3, -0.25) is 0 Å². The van der Waals surface area contributed by atoms with Crippen molar-refractivity contribution in [2.45, 2.75) is 46.1 Å². The Morgan fingerprint density at radius 1 is 1.33 bits per heavy atom. The number of nitrogens with one attached hydrogen (secondary N) is 1. The van der Waals surface area contributed by atoms with Crippen molar-refractivity contribution in [3.8, 4) is 0 Å². The van der Waals surface area contributed by atoms with Gasteiger partial charge in [-0.15, -0.1) is 0 Å². The molecule has 3 nitrogen and oxygen atoms in total. The van der Waals surface area contributed by atoms with Crippen LogP contribution in [0.4, 0.5) is 0 Å². The lowest BCUT2D eigenvalue weighted by Gasteiger charge is -2.39. The second kappa shape index (κ2) is 6.36. The summed E-state index contributed by atoms with van der Waals surface area (Å²) in [5.74, 6) is 0.686. The Labute approximate surface area is 112 Å². The van der Waals surface area contributed by atoms with Gasteiger partial charge in [0.1, 0.15) is 0 Å². The van der Waals surface area contributed by atoms with Crippen LogP contribution in [0.3, 0.4) is 0 Å². The minimum absolute atomic E-state index is 0.504. The highest BCUT2D eigenvalue weighted by molar-refractivity contribution is 4.87. The molecule has 0 spiro atoms. The van der Waals surface area contributed by atoms with Crippen molar-refractivity contribution in [3.63, 3.8) is 0 Å². The number of ether oxygens (including phenoxy) is 1. The van der Waals surface area contributed by atoms with E-state index in [1.54, 1.807) is 0 Å². The van der Waals surface area contributed by atoms with Crippen molar-refractivity contribution in [1.82, 2.24) is 10.2 Å². The Balaban J connectivity index is 1.80. The summed E-state index contributed by atoms with van der Waals surface area (Å²) in [6.45, 7) is 13.7. The van der Waals surface area contributed by atoms with Crippen molar-refractivity contribution in [1.29, 1.82) is 0 Å². The smallest absolute Gasteiger partial charge is 0.0623 e. The summed E-state index contributed by atoms with van der Waals surface area (Å²) in [4.78, 5) is 2.66. The molecule has 1 N–H and O–H groups in total. The molecule has 0 aromatic carbocycles. The van der Waals surface area contributed by atoms with E-state index in [9.17, 15) is 0 Å². The van der Waals surface area contributed by atoms with Crippen molar-refractivity contribution >= 4 is 0 Å². The first-order valence-corrected chi connectivity index (χ1v) is 7.64. The minimum Gasteiger partial charge on any atom is -0.379 e. The van der Waals surface area contributed by atoms with Crippen LogP contribution in [0, 0.1) is 11.3 Å². The highest BCUT2D eigenvalue weighted by Gasteiger charge is 2.32. The van der Waals surface area contributed by atoms with Gasteiger partial charge in [0, 0.05) is 25.0 Å². The van der Waals surface area contributed by atoms with Crippen LogP contribution in [0.15, 0.2) is 0 Å². The first-order valence-electron chi connectivity index (χ1n) is 7.64. The molecule has 2 heterocycles. The van der Waals surface area contributed by atoms with Crippen molar-refractivity contribution in [3.05, 3.63) is 0 Å². The first kappa shape index (κ1) is 14.3. The highest BCUT2D eigenvalue weighted by atomic mass is 16.5. The van der Waals surface area contributed by atoms with E-state index in [4.69, 9.17) is 4.74 Å². The summed E-state index contributed by atoms with van der Waals surface area (Å²) in [6, 6.07) is 0.579. The fourth-order valence-electron chi connectivity index (χ4n) is 3.37. The molecule has 0 saturated carbocycles. The van der Waals surface area contributed by atoms with E-state index in [0.29, 0.717) is 17.4 Å². The maximum absolute atomic E-state index is 5.67. The number of nitrogens with zero attached hydrogens (tertiary/aromatic N) is 1. The Kier molecular flexibility index (Phi) is 5.05. The zero-order chi connectivity index (χ0) is 13.0. The highest BCUT2D eigenvalue weighted by Crippen LogP contribution is 2.29. The summed E-state index contributed by atoms with van der Waals surface area (Å²) < 4.78 is 5.67. The number of hydrogen-bond acceptors (Lipinski definition) is 3. The third-order valence-corrected chi connectivity index (χ3v) is 4.33. The van der Waals surface area contributed by atoms with E-state index < -0.39 is 0 Å². The molecule has 0 bridgehead atoms. The summed E-state index contributed by atoms with van der Waals surface area (Å²) >= 11 is 0. The van der Waals surface area contributed by atoms with Crippen LogP contribution in [0.5, 0.6) is 0 Å². The molecule has 0 aromatic rings. The molecule has 2 aliphatic rings. The number of rotatable bonds is 5. The average Bonchev–Trinajstić information content (AvgIpc) is 2.72. The average molecular weight is 254 g/mol. The summed E-state index contributed by atoms with van der Waals surface area (Å²) in [6.07, 6.45) is 3.94. The van der Waals surface area contributed by atoms with Crippen molar-refractivity contribution in [2.24, 2.45) is 11.3 Å². The fourth-order valence-corrected chi connectivity index (χ4v) is 3.37. The lowest BCUT2D eigenvalue weighted by atomic mass is 9.83. The molecule has 0 aromatic heterocycles. The molecular weight excluding hydrogens is 224 g/mol. The maximum Gasteiger partial charge on any atom is 0.0623 e. The molecule has 2 rings (SSSR count). The monoisotopic (exact) mass is 254 g/mol. The van der Waals surface area contributed by atoms with Gasteiger partial charge in [0.15, 0.2) is 0 Å². The SMILES string of the molecule is CCCNC1COCC1CN1CCCC(C)(C)C1.